The molecule has 7 saturated carbocycles. The van der Waals surface area contributed by atoms with Gasteiger partial charge in [0.05, 0.1) is 18.1 Å². The molecule has 1 saturated heterocycles. The number of aromatic hydroxyl groups is 1. The zero-order valence-corrected chi connectivity index (χ0v) is 45.0. The van der Waals surface area contributed by atoms with Crippen LogP contribution in [0.15, 0.2) is 41.4 Å². The molecular weight excluding hydrogens is 949 g/mol. The lowest BCUT2D eigenvalue weighted by Gasteiger charge is -2.46. The third-order valence-corrected chi connectivity index (χ3v) is 25.8. The number of phenols is 1. The van der Waals surface area contributed by atoms with E-state index in [4.69, 9.17) is 20.2 Å². The fraction of sp³-hybridized carbons (Fsp3) is 0.721. The molecule has 8 fully saturated rings. The molecule has 14 bridgehead atoms. The molecule has 7 aliphatic heterocycles. The predicted octanol–water partition coefficient (Wildman–Crippen LogP) is 11.4. The number of guanidine groups is 1. The predicted molar refractivity (Wildman–Crippen MR) is 289 cm³/mol. The van der Waals surface area contributed by atoms with Gasteiger partial charge in [-0.15, -0.1) is 5.92 Å². The van der Waals surface area contributed by atoms with Gasteiger partial charge in [-0.3, -0.25) is 14.6 Å². The molecule has 12 heteroatoms. The molecule has 10 nitrogen and oxygen atoms in total. The molecule has 2 aromatic carbocycles. The number of carbonyl (C=O) groups is 2. The minimum absolute atomic E-state index is 0.0832. The van der Waals surface area contributed by atoms with E-state index < -0.39 is 22.5 Å². The van der Waals surface area contributed by atoms with Gasteiger partial charge in [0.15, 0.2) is 17.5 Å². The first-order valence-electron chi connectivity index (χ1n) is 29.0. The van der Waals surface area contributed by atoms with E-state index in [-0.39, 0.29) is 57.8 Å². The molecule has 7 aliphatic carbocycles. The Morgan fingerprint density at radius 2 is 1.79 bits per heavy atom. The SMILES string of the molecule is CC(=O)O[C@@]12CCc3cc(c(O)c4c3[C@H]3CC[C@@]5(CCC[C@@H]5C3)O4)CN3C[C@@]4(CC3=O)[C@H](c3ccccc3)CC[C@@]43C#CC[C@@H]4CC[C@]5(CCC[C@]5(NC(N)=NC3)SSCC3CCC(CC3)[C@H](CC1)[C@H](O)C2)C4. The maximum absolute atomic E-state index is 15.2. The fourth-order valence-corrected chi connectivity index (χ4v) is 22.7. The summed E-state index contributed by atoms with van der Waals surface area (Å²) in [7, 11) is 4.12. The number of nitrogens with one attached hydrogen (secondary N) is 1. The lowest BCUT2D eigenvalue weighted by molar-refractivity contribution is -0.170. The largest absolute Gasteiger partial charge is 0.504 e. The number of nitrogens with zero attached hydrogens (tertiary/aromatic N) is 2. The van der Waals surface area contributed by atoms with Gasteiger partial charge in [-0.25, -0.2) is 0 Å². The Morgan fingerprint density at radius 3 is 2.63 bits per heavy atom. The monoisotopic (exact) mass is 1030 g/mol. The highest BCUT2D eigenvalue weighted by Gasteiger charge is 2.65. The van der Waals surface area contributed by atoms with E-state index in [0.29, 0.717) is 74.2 Å². The van der Waals surface area contributed by atoms with E-state index in [1.54, 1.807) is 0 Å². The maximum atomic E-state index is 15.2. The van der Waals surface area contributed by atoms with Gasteiger partial charge in [0, 0.05) is 67.0 Å². The van der Waals surface area contributed by atoms with Crippen LogP contribution >= 0.6 is 21.6 Å². The van der Waals surface area contributed by atoms with Gasteiger partial charge in [0.25, 0.3) is 0 Å². The molecule has 73 heavy (non-hydrogen) atoms. The van der Waals surface area contributed by atoms with Gasteiger partial charge < -0.3 is 35.6 Å². The average Bonchev–Trinajstić information content (AvgIpc) is 4.17. The molecule has 1 amide bonds. The lowest BCUT2D eigenvalue weighted by atomic mass is 9.60. The number of hydrogen-bond acceptors (Lipinski definition) is 11. The Kier molecular flexibility index (Phi) is 12.5. The van der Waals surface area contributed by atoms with Crippen molar-refractivity contribution >= 4 is 39.4 Å². The van der Waals surface area contributed by atoms with Gasteiger partial charge >= 0.3 is 5.97 Å². The molecule has 16 rings (SSSR count). The van der Waals surface area contributed by atoms with Crippen molar-refractivity contribution in [2.45, 2.75) is 208 Å². The summed E-state index contributed by atoms with van der Waals surface area (Å²) in [6, 6.07) is 13.0. The number of aliphatic imine (C=N–C) groups is 1. The molecule has 0 aromatic heterocycles. The Morgan fingerprint density at radius 1 is 0.932 bits per heavy atom. The van der Waals surface area contributed by atoms with Gasteiger partial charge in [0.1, 0.15) is 16.1 Å². The Bertz CT molecular complexity index is 2600. The first-order chi connectivity index (χ1) is 35.3. The first kappa shape index (κ1) is 49.1. The minimum atomic E-state index is -0.784. The number of amides is 1. The van der Waals surface area contributed by atoms with Gasteiger partial charge in [-0.2, -0.15) is 0 Å². The summed E-state index contributed by atoms with van der Waals surface area (Å²) >= 11 is 0. The zero-order chi connectivity index (χ0) is 49.8. The number of ether oxygens (including phenoxy) is 2. The number of phenolic OH excluding ortho intramolecular Hbond substituents is 1. The number of hydrogen-bond donors (Lipinski definition) is 4. The summed E-state index contributed by atoms with van der Waals surface area (Å²) in [5.41, 5.74) is 9.39. The van der Waals surface area contributed by atoms with Crippen LogP contribution in [0.1, 0.15) is 195 Å². The Labute approximate surface area is 442 Å². The van der Waals surface area contributed by atoms with Crippen LogP contribution in [0.2, 0.25) is 0 Å². The van der Waals surface area contributed by atoms with Crippen LogP contribution in [-0.4, -0.2) is 74.0 Å². The second-order valence-corrected chi connectivity index (χ2v) is 28.6. The summed E-state index contributed by atoms with van der Waals surface area (Å²) in [5, 5.41) is 29.0. The van der Waals surface area contributed by atoms with E-state index >= 15 is 4.79 Å². The summed E-state index contributed by atoms with van der Waals surface area (Å²) in [6.07, 6.45) is 23.6. The van der Waals surface area contributed by atoms with Crippen LogP contribution in [0.4, 0.5) is 0 Å². The minimum Gasteiger partial charge on any atom is -0.504 e. The third-order valence-electron chi connectivity index (χ3n) is 22.4. The Hall–Kier alpha value is -3.53. The van der Waals surface area contributed by atoms with Gasteiger partial charge in [-0.05, 0) is 200 Å². The molecule has 5 spiro atoms. The summed E-state index contributed by atoms with van der Waals surface area (Å²) in [4.78, 5) is 35.5. The van der Waals surface area contributed by atoms with Crippen LogP contribution in [0.5, 0.6) is 11.5 Å². The van der Waals surface area contributed by atoms with Gasteiger partial charge in [0.2, 0.25) is 5.91 Å². The topological polar surface area (TPSA) is 147 Å². The number of aryl methyl sites for hydroxylation is 1. The molecule has 392 valence electrons. The molecule has 2 aromatic rings. The number of fused-ring (bicyclic) bond motifs is 4. The summed E-state index contributed by atoms with van der Waals surface area (Å²) < 4.78 is 13.7. The van der Waals surface area contributed by atoms with E-state index in [0.717, 1.165) is 119 Å². The Balaban J connectivity index is 0.925. The van der Waals surface area contributed by atoms with E-state index in [2.05, 4.69) is 75.1 Å². The van der Waals surface area contributed by atoms with Gasteiger partial charge in [-0.1, -0.05) is 57.8 Å². The maximum Gasteiger partial charge on any atom is 0.303 e. The van der Waals surface area contributed by atoms with Crippen molar-refractivity contribution in [1.29, 1.82) is 0 Å². The number of aliphatic hydroxyl groups is 1. The van der Waals surface area contributed by atoms with Crippen molar-refractivity contribution < 1.29 is 29.3 Å². The van der Waals surface area contributed by atoms with Crippen LogP contribution in [-0.2, 0) is 27.3 Å². The van der Waals surface area contributed by atoms with E-state index in [1.807, 2.05) is 4.90 Å². The highest BCUT2D eigenvalue weighted by atomic mass is 33.1. The highest BCUT2D eigenvalue weighted by Crippen LogP contribution is 2.67. The number of rotatable bonds is 2. The molecule has 14 aliphatic rings. The number of nitrogens with two attached hydrogens (primary N) is 1. The van der Waals surface area contributed by atoms with Crippen LogP contribution < -0.4 is 15.8 Å². The smallest absolute Gasteiger partial charge is 0.303 e. The molecule has 0 radical (unpaired) electrons. The van der Waals surface area contributed by atoms with Crippen molar-refractivity contribution in [2.24, 2.45) is 56.6 Å². The van der Waals surface area contributed by atoms with Crippen molar-refractivity contribution in [3.05, 3.63) is 58.7 Å². The molecule has 12 atom stereocenters. The molecule has 5 N–H and O–H groups in total. The average molecular weight is 1030 g/mol. The number of esters is 1. The molecule has 7 heterocycles. The second kappa shape index (κ2) is 18.6. The summed E-state index contributed by atoms with van der Waals surface area (Å²) in [5.74, 6) is 12.7. The number of benzene rings is 2. The fourth-order valence-electron chi connectivity index (χ4n) is 18.8. The van der Waals surface area contributed by atoms with Crippen molar-refractivity contribution in [3.63, 3.8) is 0 Å². The summed E-state index contributed by atoms with van der Waals surface area (Å²) in [6.45, 7) is 2.72. The van der Waals surface area contributed by atoms with E-state index in [1.165, 1.54) is 51.0 Å². The molecule has 0 unspecified atom stereocenters. The zero-order valence-electron chi connectivity index (χ0n) is 43.4. The van der Waals surface area contributed by atoms with Crippen molar-refractivity contribution in [3.8, 4) is 23.3 Å². The van der Waals surface area contributed by atoms with Crippen LogP contribution in [0.3, 0.4) is 0 Å². The van der Waals surface area contributed by atoms with Crippen molar-refractivity contribution in [2.75, 3.05) is 18.8 Å². The quantitative estimate of drug-likeness (QED) is 0.130. The third kappa shape index (κ3) is 8.17. The van der Waals surface area contributed by atoms with Crippen LogP contribution in [0.25, 0.3) is 0 Å². The normalized spacial score (nSPS) is 42.8. The highest BCUT2D eigenvalue weighted by molar-refractivity contribution is 8.77. The van der Waals surface area contributed by atoms with Crippen molar-refractivity contribution in [1.82, 2.24) is 10.2 Å². The van der Waals surface area contributed by atoms with Crippen LogP contribution in [0, 0.1) is 57.7 Å². The lowest BCUT2D eigenvalue weighted by Crippen LogP contribution is -2.56. The molecular formula is C61H80N4O6S2. The second-order valence-electron chi connectivity index (χ2n) is 26.0. The van der Waals surface area contributed by atoms with E-state index in [9.17, 15) is 15.0 Å². The first-order valence-corrected chi connectivity index (χ1v) is 31.3. The standard InChI is InChI=1S/C61H80N4O6S2/c1-39(66)70-58-27-17-44-30-46(53(69)54-52(44)45-18-29-60(71-54)23-6-11-47(60)31-45)35-65-38-59(34-51(65)68)49(43-9-3-2-4-10-43)20-26-57(59)21-5-8-40-16-25-56(32-40)22-7-24-61(56,64-55(62)63-37-57)73-72-36-41-12-14-42(15-13-41)48(19-28-58)50(67)33-58/h2-4,9-10,30,40-42,45,47-50,67,69H,6-8,11-20,22-29,31-38H2,1H3,(H3,62,63,64)/t40-,41?,42?,45+,47-,48+,49+,50-,56-,57-,58+,59+,60-,61+/m1/s1. The number of aliphatic hydroxyl groups excluding tert-OH is 1. The number of carbonyl (C=O) groups excluding carboxylic acids is 2.